The fourth-order valence-electron chi connectivity index (χ4n) is 3.43. The molecule has 1 fully saturated rings. The summed E-state index contributed by atoms with van der Waals surface area (Å²) >= 11 is 0. The molecular formula is C19H25N3O2. The predicted octanol–water partition coefficient (Wildman–Crippen LogP) is 3.59. The van der Waals surface area contributed by atoms with Crippen molar-refractivity contribution in [1.82, 2.24) is 14.7 Å². The van der Waals surface area contributed by atoms with Gasteiger partial charge < -0.3 is 9.64 Å². The molecule has 1 amide bonds. The Bertz CT molecular complexity index is 700. The van der Waals surface area contributed by atoms with Crippen molar-refractivity contribution < 1.29 is 9.53 Å². The number of hydrogen-bond acceptors (Lipinski definition) is 3. The van der Waals surface area contributed by atoms with Gasteiger partial charge in [0.25, 0.3) is 5.91 Å². The summed E-state index contributed by atoms with van der Waals surface area (Å²) in [5.41, 5.74) is 2.47. The van der Waals surface area contributed by atoms with E-state index in [4.69, 9.17) is 4.74 Å². The molecule has 1 aromatic heterocycles. The van der Waals surface area contributed by atoms with Crippen molar-refractivity contribution in [3.05, 3.63) is 41.7 Å². The van der Waals surface area contributed by atoms with Crippen LogP contribution in [0.1, 0.15) is 48.2 Å². The maximum atomic E-state index is 12.9. The van der Waals surface area contributed by atoms with Gasteiger partial charge in [0.2, 0.25) is 0 Å². The zero-order valence-corrected chi connectivity index (χ0v) is 14.7. The maximum Gasteiger partial charge on any atom is 0.257 e. The smallest absolute Gasteiger partial charge is 0.257 e. The average Bonchev–Trinajstić information content (AvgIpc) is 3.02. The standard InChI is InChI=1S/C19H25N3O2/c1-14-18(19(23)21(2)15-7-5-4-6-8-15)13-20-22(14)16-9-11-17(24-3)12-10-16/h9-13,15H,4-8H2,1-3H3. The van der Waals surface area contributed by atoms with E-state index in [1.54, 1.807) is 18.0 Å². The highest BCUT2D eigenvalue weighted by Crippen LogP contribution is 2.24. The van der Waals surface area contributed by atoms with Gasteiger partial charge in [-0.2, -0.15) is 5.10 Å². The van der Waals surface area contributed by atoms with Gasteiger partial charge in [-0.15, -0.1) is 0 Å². The van der Waals surface area contributed by atoms with Gasteiger partial charge in [-0.1, -0.05) is 19.3 Å². The quantitative estimate of drug-likeness (QED) is 0.862. The summed E-state index contributed by atoms with van der Waals surface area (Å²) in [6, 6.07) is 8.03. The van der Waals surface area contributed by atoms with Crippen LogP contribution in [0.3, 0.4) is 0 Å². The molecule has 1 aromatic carbocycles. The Morgan fingerprint density at radius 2 is 1.88 bits per heavy atom. The Balaban J connectivity index is 1.81. The van der Waals surface area contributed by atoms with Crippen LogP contribution in [0.2, 0.25) is 0 Å². The van der Waals surface area contributed by atoms with Crippen LogP contribution in [0.5, 0.6) is 5.75 Å². The van der Waals surface area contributed by atoms with E-state index in [1.807, 2.05) is 43.1 Å². The molecular weight excluding hydrogens is 302 g/mol. The fraction of sp³-hybridized carbons (Fsp3) is 0.474. The van der Waals surface area contributed by atoms with E-state index < -0.39 is 0 Å². The van der Waals surface area contributed by atoms with Crippen molar-refractivity contribution in [2.24, 2.45) is 0 Å². The number of rotatable bonds is 4. The number of benzene rings is 1. The molecule has 0 atom stereocenters. The number of amides is 1. The minimum atomic E-state index is 0.0687. The molecule has 2 aromatic rings. The van der Waals surface area contributed by atoms with Crippen LogP contribution in [0.4, 0.5) is 0 Å². The van der Waals surface area contributed by atoms with Crippen molar-refractivity contribution >= 4 is 5.91 Å². The Kier molecular flexibility index (Phi) is 4.88. The highest BCUT2D eigenvalue weighted by molar-refractivity contribution is 5.95. The summed E-state index contributed by atoms with van der Waals surface area (Å²) in [4.78, 5) is 14.8. The molecule has 24 heavy (non-hydrogen) atoms. The lowest BCUT2D eigenvalue weighted by atomic mass is 9.94. The van der Waals surface area contributed by atoms with Crippen LogP contribution in [-0.2, 0) is 0 Å². The Morgan fingerprint density at radius 1 is 1.21 bits per heavy atom. The third-order valence-electron chi connectivity index (χ3n) is 5.00. The van der Waals surface area contributed by atoms with E-state index in [-0.39, 0.29) is 5.91 Å². The first kappa shape index (κ1) is 16.6. The van der Waals surface area contributed by atoms with Crippen molar-refractivity contribution in [2.75, 3.05) is 14.2 Å². The lowest BCUT2D eigenvalue weighted by Crippen LogP contribution is -2.38. The van der Waals surface area contributed by atoms with Gasteiger partial charge in [-0.3, -0.25) is 4.79 Å². The molecule has 0 radical (unpaired) electrons. The third-order valence-corrected chi connectivity index (χ3v) is 5.00. The van der Waals surface area contributed by atoms with Gasteiger partial charge in [0.15, 0.2) is 0 Å². The van der Waals surface area contributed by atoms with Crippen molar-refractivity contribution in [2.45, 2.75) is 45.1 Å². The van der Waals surface area contributed by atoms with Gasteiger partial charge in [-0.05, 0) is 44.0 Å². The fourth-order valence-corrected chi connectivity index (χ4v) is 3.43. The molecule has 0 unspecified atom stereocenters. The monoisotopic (exact) mass is 327 g/mol. The van der Waals surface area contributed by atoms with Gasteiger partial charge >= 0.3 is 0 Å². The first-order chi connectivity index (χ1) is 11.6. The summed E-state index contributed by atoms with van der Waals surface area (Å²) in [5, 5.41) is 4.42. The largest absolute Gasteiger partial charge is 0.497 e. The van der Waals surface area contributed by atoms with Crippen LogP contribution in [0, 0.1) is 6.92 Å². The average molecular weight is 327 g/mol. The topological polar surface area (TPSA) is 47.4 Å². The summed E-state index contributed by atoms with van der Waals surface area (Å²) in [7, 11) is 3.56. The van der Waals surface area contributed by atoms with E-state index in [2.05, 4.69) is 5.10 Å². The molecule has 0 N–H and O–H groups in total. The first-order valence-corrected chi connectivity index (χ1v) is 8.58. The molecule has 0 saturated heterocycles. The van der Waals surface area contributed by atoms with Gasteiger partial charge in [0, 0.05) is 13.1 Å². The van der Waals surface area contributed by atoms with E-state index >= 15 is 0 Å². The number of carbonyl (C=O) groups excluding carboxylic acids is 1. The third kappa shape index (κ3) is 3.16. The lowest BCUT2D eigenvalue weighted by molar-refractivity contribution is 0.0695. The molecule has 0 bridgehead atoms. The summed E-state index contributed by atoms with van der Waals surface area (Å²) in [5.74, 6) is 0.871. The second-order valence-electron chi connectivity index (χ2n) is 6.46. The zero-order chi connectivity index (χ0) is 17.1. The van der Waals surface area contributed by atoms with Crippen molar-refractivity contribution in [1.29, 1.82) is 0 Å². The molecule has 0 aliphatic heterocycles. The zero-order valence-electron chi connectivity index (χ0n) is 14.7. The van der Waals surface area contributed by atoms with Crippen LogP contribution in [0.15, 0.2) is 30.5 Å². The highest BCUT2D eigenvalue weighted by atomic mass is 16.5. The number of aromatic nitrogens is 2. The molecule has 1 heterocycles. The van der Waals surface area contributed by atoms with Crippen LogP contribution in [0.25, 0.3) is 5.69 Å². The Labute approximate surface area is 143 Å². The van der Waals surface area contributed by atoms with E-state index in [0.717, 1.165) is 30.0 Å². The highest BCUT2D eigenvalue weighted by Gasteiger charge is 2.25. The number of carbonyl (C=O) groups is 1. The Hall–Kier alpha value is -2.30. The number of hydrogen-bond donors (Lipinski definition) is 0. The minimum absolute atomic E-state index is 0.0687. The second kappa shape index (κ2) is 7.07. The summed E-state index contributed by atoms with van der Waals surface area (Å²) < 4.78 is 6.99. The Morgan fingerprint density at radius 3 is 2.50 bits per heavy atom. The number of methoxy groups -OCH3 is 1. The van der Waals surface area contributed by atoms with Crippen molar-refractivity contribution in [3.8, 4) is 11.4 Å². The molecule has 5 nitrogen and oxygen atoms in total. The summed E-state index contributed by atoms with van der Waals surface area (Å²) in [6.45, 7) is 1.94. The molecule has 5 heteroatoms. The number of nitrogens with zero attached hydrogens (tertiary/aromatic N) is 3. The van der Waals surface area contributed by atoms with E-state index in [1.165, 1.54) is 19.3 Å². The second-order valence-corrected chi connectivity index (χ2v) is 6.46. The van der Waals surface area contributed by atoms with E-state index in [0.29, 0.717) is 11.6 Å². The molecule has 3 rings (SSSR count). The molecule has 128 valence electrons. The minimum Gasteiger partial charge on any atom is -0.497 e. The van der Waals surface area contributed by atoms with Crippen LogP contribution >= 0.6 is 0 Å². The van der Waals surface area contributed by atoms with Gasteiger partial charge in [-0.25, -0.2) is 4.68 Å². The SMILES string of the molecule is COc1ccc(-n2ncc(C(=O)N(C)C3CCCCC3)c2C)cc1. The lowest BCUT2D eigenvalue weighted by Gasteiger charge is -2.31. The molecule has 1 saturated carbocycles. The van der Waals surface area contributed by atoms with Crippen LogP contribution < -0.4 is 4.74 Å². The van der Waals surface area contributed by atoms with Gasteiger partial charge in [0.05, 0.1) is 30.3 Å². The van der Waals surface area contributed by atoms with Crippen molar-refractivity contribution in [3.63, 3.8) is 0 Å². The predicted molar refractivity (Wildman–Crippen MR) is 93.8 cm³/mol. The molecule has 0 spiro atoms. The normalized spacial score (nSPS) is 15.3. The van der Waals surface area contributed by atoms with Crippen LogP contribution in [-0.4, -0.2) is 40.8 Å². The summed E-state index contributed by atoms with van der Waals surface area (Å²) in [6.07, 6.45) is 7.61. The molecule has 1 aliphatic rings. The van der Waals surface area contributed by atoms with E-state index in [9.17, 15) is 4.79 Å². The first-order valence-electron chi connectivity index (χ1n) is 8.58. The number of ether oxygens (including phenoxy) is 1. The molecule has 1 aliphatic carbocycles. The maximum absolute atomic E-state index is 12.9. The van der Waals surface area contributed by atoms with Gasteiger partial charge in [0.1, 0.15) is 5.75 Å².